The van der Waals surface area contributed by atoms with Gasteiger partial charge in [0.1, 0.15) is 11.5 Å². The second-order valence-corrected chi connectivity index (χ2v) is 7.75. The molecule has 0 fully saturated rings. The number of hydrogen-bond donors (Lipinski definition) is 2. The highest BCUT2D eigenvalue weighted by molar-refractivity contribution is 5.51. The molecule has 26 heavy (non-hydrogen) atoms. The van der Waals surface area contributed by atoms with Gasteiger partial charge in [0.2, 0.25) is 12.1 Å². The van der Waals surface area contributed by atoms with Crippen molar-refractivity contribution in [1.29, 1.82) is 0 Å². The van der Waals surface area contributed by atoms with Crippen molar-refractivity contribution < 1.29 is 20.1 Å². The first-order chi connectivity index (χ1) is 11.8. The zero-order valence-corrected chi connectivity index (χ0v) is 16.1. The third-order valence-corrected chi connectivity index (χ3v) is 5.45. The second-order valence-electron chi connectivity index (χ2n) is 7.75. The molecule has 2 N–H and O–H groups in total. The van der Waals surface area contributed by atoms with Gasteiger partial charge in [0.05, 0.1) is 10.8 Å². The molecule has 2 atom stereocenters. The number of benzene rings is 1. The molecular formula is C18H28N2O6. The molecule has 0 saturated heterocycles. The van der Waals surface area contributed by atoms with Crippen LogP contribution in [-0.2, 0) is 10.8 Å². The summed E-state index contributed by atoms with van der Waals surface area (Å²) in [5.74, 6) is -0.427. The van der Waals surface area contributed by atoms with Gasteiger partial charge in [-0.3, -0.25) is 20.2 Å². The molecule has 8 heteroatoms. The molecule has 0 amide bonds. The smallest absolute Gasteiger partial charge is 0.222 e. The Balaban J connectivity index is 3.53. The highest BCUT2D eigenvalue weighted by Gasteiger charge is 2.44. The summed E-state index contributed by atoms with van der Waals surface area (Å²) in [5, 5.41) is 43.8. The number of rotatable bonds is 8. The van der Waals surface area contributed by atoms with E-state index in [-0.39, 0.29) is 35.5 Å². The number of hydrogen-bond acceptors (Lipinski definition) is 6. The van der Waals surface area contributed by atoms with Crippen molar-refractivity contribution in [2.75, 3.05) is 0 Å². The fourth-order valence-corrected chi connectivity index (χ4v) is 3.81. The fourth-order valence-electron chi connectivity index (χ4n) is 3.81. The van der Waals surface area contributed by atoms with Crippen molar-refractivity contribution in [3.63, 3.8) is 0 Å². The molecule has 2 unspecified atom stereocenters. The Morgan fingerprint density at radius 3 is 1.31 bits per heavy atom. The first-order valence-electron chi connectivity index (χ1n) is 8.66. The molecule has 0 saturated carbocycles. The molecule has 146 valence electrons. The van der Waals surface area contributed by atoms with Crippen LogP contribution >= 0.6 is 0 Å². The predicted molar refractivity (Wildman–Crippen MR) is 98.0 cm³/mol. The summed E-state index contributed by atoms with van der Waals surface area (Å²) in [4.78, 5) is 21.9. The van der Waals surface area contributed by atoms with Crippen LogP contribution < -0.4 is 0 Å². The average molecular weight is 368 g/mol. The van der Waals surface area contributed by atoms with Gasteiger partial charge in [-0.25, -0.2) is 0 Å². The lowest BCUT2D eigenvalue weighted by molar-refractivity contribution is -0.534. The Hall–Kier alpha value is -2.38. The molecule has 1 aromatic carbocycles. The minimum absolute atomic E-state index is 0.214. The van der Waals surface area contributed by atoms with Crippen molar-refractivity contribution in [1.82, 2.24) is 0 Å². The largest absolute Gasteiger partial charge is 0.508 e. The van der Waals surface area contributed by atoms with Crippen LogP contribution in [-0.4, -0.2) is 32.1 Å². The highest BCUT2D eigenvalue weighted by atomic mass is 16.6. The van der Waals surface area contributed by atoms with E-state index in [1.807, 2.05) is 0 Å². The van der Waals surface area contributed by atoms with Crippen molar-refractivity contribution in [3.05, 3.63) is 43.5 Å². The summed E-state index contributed by atoms with van der Waals surface area (Å²) in [6, 6.07) is 0.693. The summed E-state index contributed by atoms with van der Waals surface area (Å²) in [6.07, 6.45) is 0.513. The number of phenols is 2. The van der Waals surface area contributed by atoms with Crippen LogP contribution in [0.15, 0.2) is 12.1 Å². The van der Waals surface area contributed by atoms with Crippen LogP contribution in [0, 0.1) is 20.2 Å². The third kappa shape index (κ3) is 3.73. The third-order valence-electron chi connectivity index (χ3n) is 5.45. The monoisotopic (exact) mass is 368 g/mol. The topological polar surface area (TPSA) is 127 Å². The van der Waals surface area contributed by atoms with E-state index in [0.717, 1.165) is 0 Å². The lowest BCUT2D eigenvalue weighted by atomic mass is 9.72. The highest BCUT2D eigenvalue weighted by Crippen LogP contribution is 2.44. The van der Waals surface area contributed by atoms with Gasteiger partial charge >= 0.3 is 0 Å². The Morgan fingerprint density at radius 2 is 1.12 bits per heavy atom. The van der Waals surface area contributed by atoms with Gasteiger partial charge in [0.15, 0.2) is 0 Å². The SMILES string of the molecule is CCC([N+](=O)[O-])C(C)(C)c1cc(O)c(C(C)(C)C(CC)[N+](=O)[O-])cc1O. The number of nitro groups is 2. The molecule has 0 radical (unpaired) electrons. The van der Waals surface area contributed by atoms with Crippen molar-refractivity contribution in [2.45, 2.75) is 77.3 Å². The Bertz CT molecular complexity index is 639. The predicted octanol–water partition coefficient (Wildman–Crippen LogP) is 3.76. The van der Waals surface area contributed by atoms with Crippen LogP contribution in [0.3, 0.4) is 0 Å². The van der Waals surface area contributed by atoms with Crippen LogP contribution in [0.1, 0.15) is 65.5 Å². The van der Waals surface area contributed by atoms with E-state index < -0.39 is 32.8 Å². The molecule has 0 bridgehead atoms. The first kappa shape index (κ1) is 21.7. The molecule has 0 spiro atoms. The first-order valence-corrected chi connectivity index (χ1v) is 8.66. The van der Waals surface area contributed by atoms with E-state index in [9.17, 15) is 30.4 Å². The molecule has 0 heterocycles. The zero-order valence-electron chi connectivity index (χ0n) is 16.1. The molecule has 0 aromatic heterocycles. The van der Waals surface area contributed by atoms with Crippen molar-refractivity contribution in [3.8, 4) is 11.5 Å². The molecule has 1 rings (SSSR count). The van der Waals surface area contributed by atoms with Crippen LogP contribution in [0.4, 0.5) is 0 Å². The van der Waals surface area contributed by atoms with Gasteiger partial charge < -0.3 is 10.2 Å². The Labute approximate surface area is 153 Å². The minimum atomic E-state index is -1.03. The quantitative estimate of drug-likeness (QED) is 0.408. The number of phenolic OH excluding ortho intramolecular Hbond substituents is 2. The molecule has 8 nitrogen and oxygen atoms in total. The molecule has 0 aliphatic rings. The van der Waals surface area contributed by atoms with E-state index in [2.05, 4.69) is 0 Å². The summed E-state index contributed by atoms with van der Waals surface area (Å²) in [5.41, 5.74) is -1.58. The summed E-state index contributed by atoms with van der Waals surface area (Å²) >= 11 is 0. The van der Waals surface area contributed by atoms with Crippen LogP contribution in [0.25, 0.3) is 0 Å². The standard InChI is InChI=1S/C18H28N2O6/c1-7-15(19(23)24)17(3,4)11-9-14(22)12(10-13(11)21)18(5,6)16(8-2)20(25)26/h9-10,15-16,21-22H,7-8H2,1-6H3. The Morgan fingerprint density at radius 1 is 0.846 bits per heavy atom. The van der Waals surface area contributed by atoms with Gasteiger partial charge in [-0.05, 0) is 39.8 Å². The Kier molecular flexibility index (Phi) is 6.22. The summed E-state index contributed by atoms with van der Waals surface area (Å²) < 4.78 is 0. The second kappa shape index (κ2) is 7.47. The minimum Gasteiger partial charge on any atom is -0.508 e. The molecule has 0 aliphatic heterocycles. The molecular weight excluding hydrogens is 340 g/mol. The lowest BCUT2D eigenvalue weighted by Gasteiger charge is -2.32. The summed E-state index contributed by atoms with van der Waals surface area (Å²) in [6.45, 7) is 9.91. The van der Waals surface area contributed by atoms with Crippen molar-refractivity contribution in [2.24, 2.45) is 0 Å². The van der Waals surface area contributed by atoms with Gasteiger partial charge in [0.25, 0.3) is 0 Å². The van der Waals surface area contributed by atoms with E-state index >= 15 is 0 Å². The van der Waals surface area contributed by atoms with Gasteiger partial charge in [-0.2, -0.15) is 0 Å². The maximum Gasteiger partial charge on any atom is 0.222 e. The maximum absolute atomic E-state index is 11.4. The fraction of sp³-hybridized carbons (Fsp3) is 0.667. The normalized spacial score (nSPS) is 14.7. The number of aromatic hydroxyl groups is 2. The van der Waals surface area contributed by atoms with Crippen LogP contribution in [0.2, 0.25) is 0 Å². The molecule has 1 aromatic rings. The molecule has 0 aliphatic carbocycles. The lowest BCUT2D eigenvalue weighted by Crippen LogP contribution is -2.40. The summed E-state index contributed by atoms with van der Waals surface area (Å²) in [7, 11) is 0. The van der Waals surface area contributed by atoms with E-state index in [1.54, 1.807) is 41.5 Å². The average Bonchev–Trinajstić information content (AvgIpc) is 2.48. The maximum atomic E-state index is 11.4. The zero-order chi connectivity index (χ0) is 20.4. The van der Waals surface area contributed by atoms with E-state index in [1.165, 1.54) is 12.1 Å². The van der Waals surface area contributed by atoms with Gasteiger partial charge in [0, 0.05) is 33.8 Å². The van der Waals surface area contributed by atoms with E-state index in [0.29, 0.717) is 0 Å². The number of nitrogens with zero attached hydrogens (tertiary/aromatic N) is 2. The van der Waals surface area contributed by atoms with Crippen molar-refractivity contribution >= 4 is 0 Å². The van der Waals surface area contributed by atoms with Gasteiger partial charge in [-0.15, -0.1) is 0 Å². The van der Waals surface area contributed by atoms with Gasteiger partial charge in [-0.1, -0.05) is 13.8 Å². The van der Waals surface area contributed by atoms with E-state index in [4.69, 9.17) is 0 Å². The van der Waals surface area contributed by atoms with Crippen LogP contribution in [0.5, 0.6) is 11.5 Å².